The Morgan fingerprint density at radius 1 is 1.26 bits per heavy atom. The summed E-state index contributed by atoms with van der Waals surface area (Å²) in [5.41, 5.74) is 6.01. The van der Waals surface area contributed by atoms with Crippen LogP contribution in [-0.2, 0) is 6.54 Å². The van der Waals surface area contributed by atoms with Crippen molar-refractivity contribution >= 4 is 11.6 Å². The Morgan fingerprint density at radius 3 is 2.63 bits per heavy atom. The van der Waals surface area contributed by atoms with Crippen LogP contribution >= 0.6 is 0 Å². The van der Waals surface area contributed by atoms with Gasteiger partial charge in [0.1, 0.15) is 0 Å². The van der Waals surface area contributed by atoms with Crippen LogP contribution in [0, 0.1) is 6.92 Å². The summed E-state index contributed by atoms with van der Waals surface area (Å²) in [6, 6.07) is 8.87. The van der Waals surface area contributed by atoms with Crippen molar-refractivity contribution in [2.75, 3.05) is 5.43 Å². The van der Waals surface area contributed by atoms with E-state index < -0.39 is 0 Å². The van der Waals surface area contributed by atoms with E-state index in [-0.39, 0.29) is 5.91 Å². The number of hydrogen-bond donors (Lipinski definition) is 3. The van der Waals surface area contributed by atoms with E-state index in [2.05, 4.69) is 15.7 Å². The molecule has 0 aliphatic rings. The zero-order chi connectivity index (χ0) is 13.7. The van der Waals surface area contributed by atoms with Gasteiger partial charge in [0.15, 0.2) is 0 Å². The topological polar surface area (TPSA) is 80.0 Å². The first kappa shape index (κ1) is 13.0. The van der Waals surface area contributed by atoms with Crippen LogP contribution in [0.1, 0.15) is 21.5 Å². The van der Waals surface area contributed by atoms with Crippen LogP contribution < -0.4 is 16.6 Å². The Morgan fingerprint density at radius 2 is 2.00 bits per heavy atom. The van der Waals surface area contributed by atoms with Gasteiger partial charge in [-0.2, -0.15) is 0 Å². The SMILES string of the molecule is Cc1cnccc1CNC(=O)c1ccc(NN)cc1. The van der Waals surface area contributed by atoms with Gasteiger partial charge in [-0.1, -0.05) is 0 Å². The fourth-order valence-corrected chi connectivity index (χ4v) is 1.70. The van der Waals surface area contributed by atoms with E-state index >= 15 is 0 Å². The van der Waals surface area contributed by atoms with Crippen molar-refractivity contribution in [3.05, 3.63) is 59.4 Å². The van der Waals surface area contributed by atoms with Crippen molar-refractivity contribution in [1.29, 1.82) is 0 Å². The zero-order valence-electron chi connectivity index (χ0n) is 10.7. The van der Waals surface area contributed by atoms with Crippen LogP contribution in [0.25, 0.3) is 0 Å². The van der Waals surface area contributed by atoms with E-state index in [4.69, 9.17) is 5.84 Å². The Labute approximate surface area is 111 Å². The van der Waals surface area contributed by atoms with Crippen molar-refractivity contribution in [3.8, 4) is 0 Å². The molecule has 0 aliphatic carbocycles. The normalized spacial score (nSPS) is 10.0. The first-order valence-electron chi connectivity index (χ1n) is 5.95. The van der Waals surface area contributed by atoms with Crippen molar-refractivity contribution in [3.63, 3.8) is 0 Å². The lowest BCUT2D eigenvalue weighted by Crippen LogP contribution is -2.23. The van der Waals surface area contributed by atoms with Gasteiger partial charge in [0.05, 0.1) is 0 Å². The van der Waals surface area contributed by atoms with Crippen molar-refractivity contribution in [1.82, 2.24) is 10.3 Å². The van der Waals surface area contributed by atoms with Gasteiger partial charge in [-0.05, 0) is 48.4 Å². The molecule has 5 heteroatoms. The van der Waals surface area contributed by atoms with Gasteiger partial charge in [0, 0.05) is 30.2 Å². The second kappa shape index (κ2) is 5.97. The molecule has 98 valence electrons. The van der Waals surface area contributed by atoms with Crippen LogP contribution in [0.15, 0.2) is 42.7 Å². The first-order valence-corrected chi connectivity index (χ1v) is 5.95. The minimum Gasteiger partial charge on any atom is -0.348 e. The lowest BCUT2D eigenvalue weighted by Gasteiger charge is -2.08. The standard InChI is InChI=1S/C14H16N4O/c1-10-8-16-7-6-12(10)9-17-14(19)11-2-4-13(18-15)5-3-11/h2-8,18H,9,15H2,1H3,(H,17,19). The number of aryl methyl sites for hydroxylation is 1. The number of carbonyl (C=O) groups excluding carboxylic acids is 1. The number of nitrogen functional groups attached to an aromatic ring is 1. The van der Waals surface area contributed by atoms with Crippen LogP contribution in [0.2, 0.25) is 0 Å². The minimum absolute atomic E-state index is 0.111. The number of anilines is 1. The summed E-state index contributed by atoms with van der Waals surface area (Å²) in [7, 11) is 0. The molecule has 0 radical (unpaired) electrons. The number of pyridine rings is 1. The number of nitrogens with zero attached hydrogens (tertiary/aromatic N) is 1. The third-order valence-corrected chi connectivity index (χ3v) is 2.89. The van der Waals surface area contributed by atoms with Crippen molar-refractivity contribution in [2.45, 2.75) is 13.5 Å². The van der Waals surface area contributed by atoms with Crippen LogP contribution in [0.3, 0.4) is 0 Å². The fraction of sp³-hybridized carbons (Fsp3) is 0.143. The van der Waals surface area contributed by atoms with Gasteiger partial charge in [-0.25, -0.2) is 0 Å². The number of carbonyl (C=O) groups is 1. The Balaban J connectivity index is 1.99. The number of nitrogens with one attached hydrogen (secondary N) is 2. The number of amides is 1. The average Bonchev–Trinajstić information content (AvgIpc) is 2.46. The molecule has 1 amide bonds. The molecule has 1 aromatic heterocycles. The van der Waals surface area contributed by atoms with E-state index in [1.165, 1.54) is 0 Å². The molecule has 1 aromatic carbocycles. The highest BCUT2D eigenvalue weighted by atomic mass is 16.1. The molecule has 19 heavy (non-hydrogen) atoms. The summed E-state index contributed by atoms with van der Waals surface area (Å²) in [6.45, 7) is 2.46. The third-order valence-electron chi connectivity index (χ3n) is 2.89. The maximum absolute atomic E-state index is 12.0. The number of benzene rings is 1. The van der Waals surface area contributed by atoms with Gasteiger partial charge in [0.25, 0.3) is 5.91 Å². The molecular weight excluding hydrogens is 240 g/mol. The molecular formula is C14H16N4O. The highest BCUT2D eigenvalue weighted by Gasteiger charge is 2.05. The van der Waals surface area contributed by atoms with Gasteiger partial charge >= 0.3 is 0 Å². The Kier molecular flexibility index (Phi) is 4.10. The maximum Gasteiger partial charge on any atom is 0.251 e. The molecule has 0 saturated heterocycles. The number of nitrogens with two attached hydrogens (primary N) is 1. The van der Waals surface area contributed by atoms with E-state index in [1.54, 1.807) is 36.7 Å². The average molecular weight is 256 g/mol. The largest absolute Gasteiger partial charge is 0.348 e. The summed E-state index contributed by atoms with van der Waals surface area (Å²) in [5.74, 6) is 5.16. The lowest BCUT2D eigenvalue weighted by atomic mass is 10.1. The van der Waals surface area contributed by atoms with Gasteiger partial charge < -0.3 is 10.7 Å². The molecule has 0 atom stereocenters. The zero-order valence-corrected chi connectivity index (χ0v) is 10.7. The van der Waals surface area contributed by atoms with E-state index in [0.29, 0.717) is 12.1 Å². The molecule has 5 nitrogen and oxygen atoms in total. The maximum atomic E-state index is 12.0. The van der Waals surface area contributed by atoms with E-state index in [0.717, 1.165) is 16.8 Å². The molecule has 0 saturated carbocycles. The van der Waals surface area contributed by atoms with Gasteiger partial charge in [-0.3, -0.25) is 15.6 Å². The summed E-state index contributed by atoms with van der Waals surface area (Å²) in [5, 5.41) is 2.88. The first-order chi connectivity index (χ1) is 9.20. The van der Waals surface area contributed by atoms with Gasteiger partial charge in [0.2, 0.25) is 0 Å². The Bertz CT molecular complexity index is 566. The quantitative estimate of drug-likeness (QED) is 0.573. The number of rotatable bonds is 4. The number of hydrogen-bond acceptors (Lipinski definition) is 4. The summed E-state index contributed by atoms with van der Waals surface area (Å²) in [4.78, 5) is 16.0. The molecule has 0 aliphatic heterocycles. The predicted molar refractivity (Wildman–Crippen MR) is 74.4 cm³/mol. The monoisotopic (exact) mass is 256 g/mol. The molecule has 2 aromatic rings. The van der Waals surface area contributed by atoms with E-state index in [1.807, 2.05) is 13.0 Å². The lowest BCUT2D eigenvalue weighted by molar-refractivity contribution is 0.0951. The van der Waals surface area contributed by atoms with Crippen LogP contribution in [-0.4, -0.2) is 10.9 Å². The van der Waals surface area contributed by atoms with Crippen molar-refractivity contribution < 1.29 is 4.79 Å². The molecule has 0 spiro atoms. The van der Waals surface area contributed by atoms with Crippen molar-refractivity contribution in [2.24, 2.45) is 5.84 Å². The van der Waals surface area contributed by atoms with Gasteiger partial charge in [-0.15, -0.1) is 0 Å². The minimum atomic E-state index is -0.111. The molecule has 2 rings (SSSR count). The second-order valence-electron chi connectivity index (χ2n) is 4.21. The summed E-state index contributed by atoms with van der Waals surface area (Å²) >= 11 is 0. The number of hydrazine groups is 1. The summed E-state index contributed by atoms with van der Waals surface area (Å²) < 4.78 is 0. The van der Waals surface area contributed by atoms with Crippen LogP contribution in [0.4, 0.5) is 5.69 Å². The molecule has 1 heterocycles. The molecule has 0 bridgehead atoms. The molecule has 0 fully saturated rings. The Hall–Kier alpha value is -2.40. The highest BCUT2D eigenvalue weighted by Crippen LogP contribution is 2.09. The molecule has 4 N–H and O–H groups in total. The second-order valence-corrected chi connectivity index (χ2v) is 4.21. The van der Waals surface area contributed by atoms with E-state index in [9.17, 15) is 4.79 Å². The summed E-state index contributed by atoms with van der Waals surface area (Å²) in [6.07, 6.45) is 3.50. The predicted octanol–water partition coefficient (Wildman–Crippen LogP) is 1.61. The third kappa shape index (κ3) is 3.29. The number of aromatic nitrogens is 1. The molecule has 0 unspecified atom stereocenters. The highest BCUT2D eigenvalue weighted by molar-refractivity contribution is 5.94. The van der Waals surface area contributed by atoms with Crippen LogP contribution in [0.5, 0.6) is 0 Å². The smallest absolute Gasteiger partial charge is 0.251 e. The fourth-order valence-electron chi connectivity index (χ4n) is 1.70.